The number of carbonyl (C=O) groups is 2. The lowest BCUT2D eigenvalue weighted by atomic mass is 10.2. The summed E-state index contributed by atoms with van der Waals surface area (Å²) in [5.41, 5.74) is 1.31. The lowest BCUT2D eigenvalue weighted by Gasteiger charge is -2.22. The van der Waals surface area contributed by atoms with Gasteiger partial charge in [-0.25, -0.2) is 9.67 Å². The van der Waals surface area contributed by atoms with Crippen molar-refractivity contribution in [3.05, 3.63) is 41.5 Å². The van der Waals surface area contributed by atoms with E-state index < -0.39 is 11.8 Å². The summed E-state index contributed by atoms with van der Waals surface area (Å²) >= 11 is 0. The van der Waals surface area contributed by atoms with Gasteiger partial charge in [0.05, 0.1) is 18.5 Å². The van der Waals surface area contributed by atoms with E-state index in [4.69, 9.17) is 9.84 Å². The van der Waals surface area contributed by atoms with Crippen LogP contribution in [0.4, 0.5) is 5.69 Å². The standard InChI is InChI=1S/C18H23N5O4/c1-12-5-4-6-13(20-12)17(25)21-14-11-23(15-7-2-3-10-27-15)22-16(14)18(26)19-8-9-24/h4-6,11,15,24H,2-3,7-10H2,1H3,(H,19,26)(H,21,25). The summed E-state index contributed by atoms with van der Waals surface area (Å²) in [6, 6.07) is 5.14. The zero-order chi connectivity index (χ0) is 19.2. The SMILES string of the molecule is Cc1cccc(C(=O)Nc2cn(C3CCCCO3)nc2C(=O)NCCO)n1. The molecule has 0 aromatic carbocycles. The van der Waals surface area contributed by atoms with Gasteiger partial charge in [-0.3, -0.25) is 9.59 Å². The van der Waals surface area contributed by atoms with Crippen LogP contribution in [-0.2, 0) is 4.74 Å². The predicted molar refractivity (Wildman–Crippen MR) is 97.4 cm³/mol. The number of aliphatic hydroxyl groups excluding tert-OH is 1. The van der Waals surface area contributed by atoms with Crippen molar-refractivity contribution in [2.45, 2.75) is 32.4 Å². The van der Waals surface area contributed by atoms with Gasteiger partial charge in [-0.05, 0) is 38.3 Å². The van der Waals surface area contributed by atoms with Crippen LogP contribution in [-0.4, -0.2) is 51.4 Å². The molecule has 9 nitrogen and oxygen atoms in total. The number of anilines is 1. The van der Waals surface area contributed by atoms with Crippen LogP contribution < -0.4 is 10.6 Å². The van der Waals surface area contributed by atoms with Gasteiger partial charge in [-0.1, -0.05) is 6.07 Å². The van der Waals surface area contributed by atoms with Gasteiger partial charge in [0.1, 0.15) is 11.9 Å². The summed E-state index contributed by atoms with van der Waals surface area (Å²) in [4.78, 5) is 29.1. The fourth-order valence-corrected chi connectivity index (χ4v) is 2.84. The topological polar surface area (TPSA) is 118 Å². The number of aliphatic hydroxyl groups is 1. The minimum absolute atomic E-state index is 0.0682. The molecule has 9 heteroatoms. The zero-order valence-corrected chi connectivity index (χ0v) is 15.1. The highest BCUT2D eigenvalue weighted by molar-refractivity contribution is 6.07. The molecular weight excluding hydrogens is 350 g/mol. The van der Waals surface area contributed by atoms with Gasteiger partial charge in [-0.15, -0.1) is 0 Å². The molecule has 1 saturated heterocycles. The van der Waals surface area contributed by atoms with Crippen LogP contribution in [0.25, 0.3) is 0 Å². The summed E-state index contributed by atoms with van der Waals surface area (Å²) < 4.78 is 7.26. The smallest absolute Gasteiger partial charge is 0.274 e. The minimum Gasteiger partial charge on any atom is -0.395 e. The van der Waals surface area contributed by atoms with Crippen molar-refractivity contribution in [1.29, 1.82) is 0 Å². The van der Waals surface area contributed by atoms with Crippen molar-refractivity contribution in [1.82, 2.24) is 20.1 Å². The highest BCUT2D eigenvalue weighted by Crippen LogP contribution is 2.25. The first kappa shape index (κ1) is 19.0. The van der Waals surface area contributed by atoms with Crippen molar-refractivity contribution in [3.8, 4) is 0 Å². The Kier molecular flexibility index (Phi) is 6.15. The van der Waals surface area contributed by atoms with Crippen LogP contribution in [0.5, 0.6) is 0 Å². The molecule has 0 radical (unpaired) electrons. The van der Waals surface area contributed by atoms with Gasteiger partial charge in [-0.2, -0.15) is 5.10 Å². The average molecular weight is 373 g/mol. The number of carbonyl (C=O) groups excluding carboxylic acids is 2. The molecule has 2 aromatic rings. The van der Waals surface area contributed by atoms with E-state index >= 15 is 0 Å². The Labute approximate surface area is 156 Å². The Balaban J connectivity index is 1.85. The number of pyridine rings is 1. The molecule has 0 spiro atoms. The average Bonchev–Trinajstić information content (AvgIpc) is 3.10. The van der Waals surface area contributed by atoms with Gasteiger partial charge in [0.15, 0.2) is 5.69 Å². The Bertz CT molecular complexity index is 814. The Hall–Kier alpha value is -2.78. The first-order valence-electron chi connectivity index (χ1n) is 8.93. The molecule has 1 unspecified atom stereocenters. The number of aromatic nitrogens is 3. The number of rotatable bonds is 6. The van der Waals surface area contributed by atoms with Crippen LogP contribution >= 0.6 is 0 Å². The molecule has 1 aliphatic rings. The second-order valence-corrected chi connectivity index (χ2v) is 6.29. The molecule has 1 atom stereocenters. The second kappa shape index (κ2) is 8.74. The fourth-order valence-electron chi connectivity index (χ4n) is 2.84. The van der Waals surface area contributed by atoms with Crippen molar-refractivity contribution < 1.29 is 19.4 Å². The van der Waals surface area contributed by atoms with E-state index in [1.807, 2.05) is 0 Å². The van der Waals surface area contributed by atoms with Crippen LogP contribution in [0.1, 0.15) is 52.2 Å². The van der Waals surface area contributed by atoms with E-state index in [0.717, 1.165) is 25.0 Å². The normalized spacial score (nSPS) is 16.7. The van der Waals surface area contributed by atoms with Crippen LogP contribution in [0.2, 0.25) is 0 Å². The quantitative estimate of drug-likeness (QED) is 0.701. The lowest BCUT2D eigenvalue weighted by molar-refractivity contribution is -0.0395. The fraction of sp³-hybridized carbons (Fsp3) is 0.444. The zero-order valence-electron chi connectivity index (χ0n) is 15.1. The predicted octanol–water partition coefficient (Wildman–Crippen LogP) is 1.26. The van der Waals surface area contributed by atoms with Crippen LogP contribution in [0.15, 0.2) is 24.4 Å². The van der Waals surface area contributed by atoms with Crippen molar-refractivity contribution in [3.63, 3.8) is 0 Å². The summed E-state index contributed by atoms with van der Waals surface area (Å²) in [6.07, 6.45) is 4.10. The Morgan fingerprint density at radius 2 is 2.19 bits per heavy atom. The van der Waals surface area contributed by atoms with Gasteiger partial charge in [0.2, 0.25) is 0 Å². The maximum Gasteiger partial charge on any atom is 0.274 e. The van der Waals surface area contributed by atoms with Gasteiger partial charge in [0.25, 0.3) is 11.8 Å². The van der Waals surface area contributed by atoms with Gasteiger partial charge < -0.3 is 20.5 Å². The highest BCUT2D eigenvalue weighted by atomic mass is 16.5. The van der Waals surface area contributed by atoms with Crippen molar-refractivity contribution >= 4 is 17.5 Å². The van der Waals surface area contributed by atoms with Crippen LogP contribution in [0, 0.1) is 6.92 Å². The Morgan fingerprint density at radius 1 is 1.33 bits per heavy atom. The summed E-state index contributed by atoms with van der Waals surface area (Å²) in [6.45, 7) is 2.33. The third-order valence-electron chi connectivity index (χ3n) is 4.16. The second-order valence-electron chi connectivity index (χ2n) is 6.29. The highest BCUT2D eigenvalue weighted by Gasteiger charge is 2.24. The summed E-state index contributed by atoms with van der Waals surface area (Å²) in [5, 5.41) is 18.5. The third kappa shape index (κ3) is 4.69. The number of hydrogen-bond acceptors (Lipinski definition) is 6. The molecule has 3 rings (SSSR count). The number of nitrogens with one attached hydrogen (secondary N) is 2. The number of nitrogens with zero attached hydrogens (tertiary/aromatic N) is 3. The van der Waals surface area contributed by atoms with Crippen molar-refractivity contribution in [2.24, 2.45) is 0 Å². The molecule has 2 amide bonds. The molecular formula is C18H23N5O4. The number of aryl methyl sites for hydroxylation is 1. The molecule has 3 heterocycles. The van der Waals surface area contributed by atoms with Crippen molar-refractivity contribution in [2.75, 3.05) is 25.1 Å². The van der Waals surface area contributed by atoms with Gasteiger partial charge >= 0.3 is 0 Å². The van der Waals surface area contributed by atoms with E-state index in [1.54, 1.807) is 36.0 Å². The molecule has 2 aromatic heterocycles. The summed E-state index contributed by atoms with van der Waals surface area (Å²) in [5.74, 6) is -0.912. The molecule has 27 heavy (non-hydrogen) atoms. The number of hydrogen-bond donors (Lipinski definition) is 3. The first-order chi connectivity index (χ1) is 13.1. The third-order valence-corrected chi connectivity index (χ3v) is 4.16. The van der Waals surface area contributed by atoms with Gasteiger partial charge in [0, 0.05) is 18.8 Å². The molecule has 144 valence electrons. The number of ether oxygens (including phenoxy) is 1. The lowest BCUT2D eigenvalue weighted by Crippen LogP contribution is -2.28. The van der Waals surface area contributed by atoms with E-state index in [2.05, 4.69) is 20.7 Å². The van der Waals surface area contributed by atoms with E-state index in [9.17, 15) is 9.59 Å². The Morgan fingerprint density at radius 3 is 2.89 bits per heavy atom. The molecule has 0 bridgehead atoms. The maximum atomic E-state index is 12.5. The summed E-state index contributed by atoms with van der Waals surface area (Å²) in [7, 11) is 0. The largest absolute Gasteiger partial charge is 0.395 e. The molecule has 1 fully saturated rings. The molecule has 0 aliphatic carbocycles. The maximum absolute atomic E-state index is 12.5. The minimum atomic E-state index is -0.480. The number of amides is 2. The van der Waals surface area contributed by atoms with E-state index in [-0.39, 0.29) is 36.5 Å². The molecule has 1 aliphatic heterocycles. The van der Waals surface area contributed by atoms with Crippen LogP contribution in [0.3, 0.4) is 0 Å². The van der Waals surface area contributed by atoms with E-state index in [1.165, 1.54) is 0 Å². The molecule has 0 saturated carbocycles. The monoisotopic (exact) mass is 373 g/mol. The van der Waals surface area contributed by atoms with E-state index in [0.29, 0.717) is 6.61 Å². The molecule has 3 N–H and O–H groups in total. The first-order valence-corrected chi connectivity index (χ1v) is 8.93.